The van der Waals surface area contributed by atoms with Gasteiger partial charge in [-0.05, 0) is 17.7 Å². The maximum absolute atomic E-state index is 10.3. The van der Waals surface area contributed by atoms with Crippen LogP contribution in [0.1, 0.15) is 5.56 Å². The largest absolute Gasteiger partial charge is 0.507 e. The molecule has 0 radical (unpaired) electrons. The van der Waals surface area contributed by atoms with Gasteiger partial charge in [0.15, 0.2) is 5.65 Å². The maximum atomic E-state index is 10.3. The van der Waals surface area contributed by atoms with Gasteiger partial charge in [0.05, 0.1) is 20.0 Å². The molecule has 0 spiro atoms. The lowest BCUT2D eigenvalue weighted by molar-refractivity contribution is 0.408. The summed E-state index contributed by atoms with van der Waals surface area (Å²) in [5.41, 5.74) is 3.73. The number of fused-ring (bicyclic) bond motifs is 1. The molecule has 6 nitrogen and oxygen atoms in total. The average molecular weight is 332 g/mol. The molecule has 0 atom stereocenters. The fourth-order valence-electron chi connectivity index (χ4n) is 2.81. The number of hydrogen-bond acceptors (Lipinski definition) is 5. The van der Waals surface area contributed by atoms with E-state index in [1.165, 1.54) is 6.33 Å². The van der Waals surface area contributed by atoms with E-state index in [1.807, 2.05) is 22.8 Å². The minimum absolute atomic E-state index is 0.0944. The van der Waals surface area contributed by atoms with Crippen LogP contribution < -0.4 is 4.74 Å². The predicted molar refractivity (Wildman–Crippen MR) is 94.5 cm³/mol. The van der Waals surface area contributed by atoms with Gasteiger partial charge < -0.3 is 14.4 Å². The molecule has 0 unspecified atom stereocenters. The Kier molecular flexibility index (Phi) is 3.78. The Bertz CT molecular complexity index is 1030. The van der Waals surface area contributed by atoms with E-state index in [0.717, 1.165) is 11.2 Å². The molecular formula is C19H16N4O2. The monoisotopic (exact) mass is 332 g/mol. The number of imidazole rings is 1. The van der Waals surface area contributed by atoms with Gasteiger partial charge in [0.2, 0.25) is 0 Å². The van der Waals surface area contributed by atoms with Gasteiger partial charge >= 0.3 is 0 Å². The molecule has 0 amide bonds. The first-order valence-electron chi connectivity index (χ1n) is 7.83. The van der Waals surface area contributed by atoms with Crippen LogP contribution >= 0.6 is 0 Å². The van der Waals surface area contributed by atoms with Crippen LogP contribution in [0.25, 0.3) is 22.4 Å². The highest BCUT2D eigenvalue weighted by Crippen LogP contribution is 2.34. The summed E-state index contributed by atoms with van der Waals surface area (Å²) in [6.07, 6.45) is 3.24. The molecule has 25 heavy (non-hydrogen) atoms. The topological polar surface area (TPSA) is 73.1 Å². The molecule has 2 heterocycles. The molecule has 1 N–H and O–H groups in total. The highest BCUT2D eigenvalue weighted by atomic mass is 16.5. The second kappa shape index (κ2) is 6.24. The van der Waals surface area contributed by atoms with E-state index < -0.39 is 0 Å². The Hall–Kier alpha value is -3.41. The summed E-state index contributed by atoms with van der Waals surface area (Å²) < 4.78 is 7.10. The number of phenols is 1. The Morgan fingerprint density at radius 2 is 1.88 bits per heavy atom. The first kappa shape index (κ1) is 15.1. The molecule has 0 aliphatic carbocycles. The summed E-state index contributed by atoms with van der Waals surface area (Å²) in [4.78, 5) is 13.2. The van der Waals surface area contributed by atoms with Crippen LogP contribution in [0, 0.1) is 0 Å². The molecular weight excluding hydrogens is 316 g/mol. The van der Waals surface area contributed by atoms with Crippen molar-refractivity contribution in [3.05, 3.63) is 66.7 Å². The van der Waals surface area contributed by atoms with E-state index >= 15 is 0 Å². The van der Waals surface area contributed by atoms with Gasteiger partial charge in [0.1, 0.15) is 29.0 Å². The molecule has 4 rings (SSSR count). The third-order valence-electron chi connectivity index (χ3n) is 4.06. The van der Waals surface area contributed by atoms with Crippen molar-refractivity contribution < 1.29 is 9.84 Å². The number of phenolic OH excluding ortho intramolecular Hbond substituents is 1. The fourth-order valence-corrected chi connectivity index (χ4v) is 2.81. The van der Waals surface area contributed by atoms with E-state index in [-0.39, 0.29) is 5.75 Å². The van der Waals surface area contributed by atoms with Gasteiger partial charge in [0, 0.05) is 11.6 Å². The molecule has 0 bridgehead atoms. The van der Waals surface area contributed by atoms with Crippen molar-refractivity contribution in [3.63, 3.8) is 0 Å². The molecule has 0 fully saturated rings. The maximum Gasteiger partial charge on any atom is 0.164 e. The normalized spacial score (nSPS) is 10.9. The number of methoxy groups -OCH3 is 1. The van der Waals surface area contributed by atoms with Gasteiger partial charge in [-0.3, -0.25) is 0 Å². The predicted octanol–water partition coefficient (Wildman–Crippen LogP) is 3.26. The number of aromatic hydroxyl groups is 1. The van der Waals surface area contributed by atoms with Gasteiger partial charge in [0.25, 0.3) is 0 Å². The Balaban J connectivity index is 1.79. The number of ether oxygens (including phenoxy) is 1. The van der Waals surface area contributed by atoms with Crippen LogP contribution in [0.5, 0.6) is 11.5 Å². The van der Waals surface area contributed by atoms with Crippen LogP contribution in [0.3, 0.4) is 0 Å². The SMILES string of the molecule is COc1ccc(-c2ncnc3c2ncn3Cc2ccccc2)c(O)c1. The van der Waals surface area contributed by atoms with Crippen molar-refractivity contribution >= 4 is 11.2 Å². The molecule has 6 heteroatoms. The first-order valence-corrected chi connectivity index (χ1v) is 7.83. The van der Waals surface area contributed by atoms with E-state index in [0.29, 0.717) is 29.1 Å². The molecule has 4 aromatic rings. The summed E-state index contributed by atoms with van der Waals surface area (Å²) in [6.45, 7) is 0.669. The minimum atomic E-state index is 0.0944. The van der Waals surface area contributed by atoms with Crippen LogP contribution in [0.2, 0.25) is 0 Å². The minimum Gasteiger partial charge on any atom is -0.507 e. The van der Waals surface area contributed by atoms with E-state index in [4.69, 9.17) is 4.74 Å². The molecule has 2 aromatic carbocycles. The van der Waals surface area contributed by atoms with E-state index in [1.54, 1.807) is 31.6 Å². The van der Waals surface area contributed by atoms with Gasteiger partial charge in [-0.2, -0.15) is 0 Å². The highest BCUT2D eigenvalue weighted by Gasteiger charge is 2.15. The zero-order valence-electron chi connectivity index (χ0n) is 13.6. The quantitative estimate of drug-likeness (QED) is 0.621. The lowest BCUT2D eigenvalue weighted by Gasteiger charge is -2.07. The fraction of sp³-hybridized carbons (Fsp3) is 0.105. The van der Waals surface area contributed by atoms with Crippen molar-refractivity contribution in [3.8, 4) is 22.8 Å². The zero-order valence-corrected chi connectivity index (χ0v) is 13.6. The summed E-state index contributed by atoms with van der Waals surface area (Å²) in [7, 11) is 1.56. The van der Waals surface area contributed by atoms with Crippen molar-refractivity contribution in [2.75, 3.05) is 7.11 Å². The number of aromatic nitrogens is 4. The zero-order chi connectivity index (χ0) is 17.2. The number of rotatable bonds is 4. The third kappa shape index (κ3) is 2.78. The standard InChI is InChI=1S/C19H16N4O2/c1-25-14-7-8-15(16(24)9-14)17-18-19(21-11-20-17)23(12-22-18)10-13-5-3-2-4-6-13/h2-9,11-12,24H,10H2,1H3. The first-order chi connectivity index (χ1) is 12.3. The van der Waals surface area contributed by atoms with Crippen molar-refractivity contribution in [1.82, 2.24) is 19.5 Å². The lowest BCUT2D eigenvalue weighted by atomic mass is 10.1. The van der Waals surface area contributed by atoms with Crippen LogP contribution in [-0.2, 0) is 6.54 Å². The van der Waals surface area contributed by atoms with E-state index in [9.17, 15) is 5.11 Å². The summed E-state index contributed by atoms with van der Waals surface area (Å²) in [6, 6.07) is 15.2. The van der Waals surface area contributed by atoms with E-state index in [2.05, 4.69) is 27.1 Å². The highest BCUT2D eigenvalue weighted by molar-refractivity contribution is 5.89. The summed E-state index contributed by atoms with van der Waals surface area (Å²) >= 11 is 0. The van der Waals surface area contributed by atoms with Gasteiger partial charge in [-0.1, -0.05) is 30.3 Å². The molecule has 0 saturated carbocycles. The van der Waals surface area contributed by atoms with Crippen molar-refractivity contribution in [2.45, 2.75) is 6.54 Å². The van der Waals surface area contributed by atoms with Crippen LogP contribution in [0.15, 0.2) is 61.2 Å². The van der Waals surface area contributed by atoms with Crippen molar-refractivity contribution in [2.24, 2.45) is 0 Å². The number of hydrogen-bond donors (Lipinski definition) is 1. The smallest absolute Gasteiger partial charge is 0.164 e. The second-order valence-corrected chi connectivity index (χ2v) is 5.64. The third-order valence-corrected chi connectivity index (χ3v) is 4.06. The summed E-state index contributed by atoms with van der Waals surface area (Å²) in [5.74, 6) is 0.679. The molecule has 2 aromatic heterocycles. The van der Waals surface area contributed by atoms with Crippen molar-refractivity contribution in [1.29, 1.82) is 0 Å². The Morgan fingerprint density at radius 1 is 1.04 bits per heavy atom. The van der Waals surface area contributed by atoms with Crippen LogP contribution in [-0.4, -0.2) is 31.7 Å². The lowest BCUT2D eigenvalue weighted by Crippen LogP contribution is -1.99. The summed E-state index contributed by atoms with van der Waals surface area (Å²) in [5, 5.41) is 10.3. The second-order valence-electron chi connectivity index (χ2n) is 5.64. The van der Waals surface area contributed by atoms with Crippen LogP contribution in [0.4, 0.5) is 0 Å². The Labute approximate surface area is 144 Å². The van der Waals surface area contributed by atoms with Gasteiger partial charge in [-0.25, -0.2) is 15.0 Å². The van der Waals surface area contributed by atoms with Gasteiger partial charge in [-0.15, -0.1) is 0 Å². The number of benzene rings is 2. The molecule has 0 aliphatic rings. The average Bonchev–Trinajstić information content (AvgIpc) is 3.06. The number of nitrogens with zero attached hydrogens (tertiary/aromatic N) is 4. The Morgan fingerprint density at radius 3 is 2.64 bits per heavy atom. The molecule has 0 saturated heterocycles. The molecule has 0 aliphatic heterocycles. The molecule has 124 valence electrons.